The van der Waals surface area contributed by atoms with Gasteiger partial charge in [-0.15, -0.1) is 0 Å². The van der Waals surface area contributed by atoms with Crippen LogP contribution >= 0.6 is 31.3 Å². The van der Waals surface area contributed by atoms with E-state index in [1.807, 2.05) is 41.5 Å². The first-order chi connectivity index (χ1) is 22.8. The quantitative estimate of drug-likeness (QED) is 0.0840. The first-order valence-corrected chi connectivity index (χ1v) is 20.4. The van der Waals surface area contributed by atoms with Crippen molar-refractivity contribution in [3.05, 3.63) is 33.1 Å². The molecule has 2 rings (SSSR count). The molecule has 1 aromatic heterocycles. The second kappa shape index (κ2) is 20.1. The predicted molar refractivity (Wildman–Crippen MR) is 193 cm³/mol. The lowest BCUT2D eigenvalue weighted by Crippen LogP contribution is -2.48. The molecule has 0 amide bonds. The topological polar surface area (TPSA) is 172 Å². The summed E-state index contributed by atoms with van der Waals surface area (Å²) in [6.07, 6.45) is 4.01. The van der Waals surface area contributed by atoms with E-state index >= 15 is 0 Å². The van der Waals surface area contributed by atoms with Crippen molar-refractivity contribution in [3.63, 3.8) is 0 Å². The summed E-state index contributed by atoms with van der Waals surface area (Å²) in [6, 6.07) is 0.466. The Morgan fingerprint density at radius 3 is 1.90 bits per heavy atom. The number of methoxy groups -OCH3 is 1. The van der Waals surface area contributed by atoms with E-state index in [0.29, 0.717) is 50.0 Å². The maximum atomic E-state index is 13.9. The molecule has 1 aliphatic carbocycles. The van der Waals surface area contributed by atoms with Gasteiger partial charge in [-0.1, -0.05) is 65.1 Å². The lowest BCUT2D eigenvalue weighted by Gasteiger charge is -2.37. The number of unbranched alkanes of at least 4 members (excludes halogenated alkanes) is 2. The van der Waals surface area contributed by atoms with E-state index in [4.69, 9.17) is 23.0 Å². The summed E-state index contributed by atoms with van der Waals surface area (Å²) in [5.41, 5.74) is -2.09. The molecular weight excluding hydrogens is 695 g/mol. The van der Waals surface area contributed by atoms with E-state index in [2.05, 4.69) is 4.98 Å². The highest BCUT2D eigenvalue weighted by Gasteiger charge is 2.41. The van der Waals surface area contributed by atoms with Gasteiger partial charge < -0.3 is 14.6 Å². The van der Waals surface area contributed by atoms with Crippen molar-refractivity contribution in [2.24, 2.45) is 10.8 Å². The number of ether oxygens (including phenoxy) is 2. The van der Waals surface area contributed by atoms with Gasteiger partial charge in [-0.05, 0) is 45.4 Å². The van der Waals surface area contributed by atoms with Crippen LogP contribution in [-0.4, -0.2) is 81.3 Å². The molecule has 1 saturated carbocycles. The Morgan fingerprint density at radius 1 is 0.939 bits per heavy atom. The fourth-order valence-electron chi connectivity index (χ4n) is 4.79. The normalized spacial score (nSPS) is 17.2. The van der Waals surface area contributed by atoms with Crippen LogP contribution in [0.2, 0.25) is 0 Å². The van der Waals surface area contributed by atoms with Gasteiger partial charge in [-0.25, -0.2) is 9.36 Å². The molecule has 0 bridgehead atoms. The fraction of sp³-hybridized carbons (Fsp3) is 0.818. The first kappa shape index (κ1) is 43.9. The van der Waals surface area contributed by atoms with E-state index in [-0.39, 0.29) is 30.1 Å². The number of aliphatic hydroxyl groups is 1. The maximum absolute atomic E-state index is 13.9. The highest BCUT2D eigenvalue weighted by Crippen LogP contribution is 2.50. The molecule has 1 fully saturated rings. The largest absolute Gasteiger partial charge is 0.474 e. The number of carbonyl (C=O) groups excluding carboxylic acids is 2. The van der Waals surface area contributed by atoms with E-state index in [1.165, 1.54) is 47.5 Å². The highest BCUT2D eigenvalue weighted by atomic mass is 32.2. The van der Waals surface area contributed by atoms with Gasteiger partial charge in [0.15, 0.2) is 16.0 Å². The summed E-state index contributed by atoms with van der Waals surface area (Å²) in [5.74, 6) is -0.283. The average molecular weight is 753 g/mol. The number of hydrogen-bond acceptors (Lipinski definition) is 13. The molecule has 13 nitrogen and oxygen atoms in total. The van der Waals surface area contributed by atoms with Gasteiger partial charge in [-0.2, -0.15) is 0 Å². The minimum absolute atomic E-state index is 0.0536. The predicted octanol–water partition coefficient (Wildman–Crippen LogP) is 6.09. The first-order valence-electron chi connectivity index (χ1n) is 16.9. The Kier molecular flexibility index (Phi) is 18.0. The molecule has 0 aromatic carbocycles. The van der Waals surface area contributed by atoms with Crippen molar-refractivity contribution >= 4 is 41.6 Å². The number of carbonyl (C=O) groups is 2. The summed E-state index contributed by atoms with van der Waals surface area (Å²) < 4.78 is 44.4. The third-order valence-electron chi connectivity index (χ3n) is 7.84. The monoisotopic (exact) mass is 752 g/mol. The van der Waals surface area contributed by atoms with Gasteiger partial charge in [0, 0.05) is 54.6 Å². The summed E-state index contributed by atoms with van der Waals surface area (Å²) in [5, 5.41) is 11.3. The lowest BCUT2D eigenvalue weighted by molar-refractivity contribution is -0.255. The van der Waals surface area contributed by atoms with Gasteiger partial charge >= 0.3 is 13.5 Å². The van der Waals surface area contributed by atoms with Gasteiger partial charge in [0.25, 0.3) is 5.56 Å². The van der Waals surface area contributed by atoms with Gasteiger partial charge in [0.1, 0.15) is 12.2 Å². The van der Waals surface area contributed by atoms with E-state index in [9.17, 15) is 28.8 Å². The third kappa shape index (κ3) is 15.5. The molecule has 0 aliphatic heterocycles. The number of aromatic nitrogens is 2. The van der Waals surface area contributed by atoms with Crippen molar-refractivity contribution in [1.82, 2.24) is 9.55 Å². The minimum Gasteiger partial charge on any atom is -0.376 e. The molecule has 282 valence electrons. The number of nitrogens with one attached hydrogen (secondary N) is 1. The second-order valence-corrected chi connectivity index (χ2v) is 18.2. The smallest absolute Gasteiger partial charge is 0.376 e. The summed E-state index contributed by atoms with van der Waals surface area (Å²) in [6.45, 7) is 12.7. The van der Waals surface area contributed by atoms with Crippen molar-refractivity contribution in [2.45, 2.75) is 124 Å². The fourth-order valence-corrected chi connectivity index (χ4v) is 7.98. The zero-order chi connectivity index (χ0) is 36.9. The van der Waals surface area contributed by atoms with E-state index in [0.717, 1.165) is 12.8 Å². The Balaban J connectivity index is 2.14. The summed E-state index contributed by atoms with van der Waals surface area (Å²) >= 11 is 2.51. The van der Waals surface area contributed by atoms with Crippen LogP contribution in [0.5, 0.6) is 0 Å². The van der Waals surface area contributed by atoms with Crippen LogP contribution in [0.1, 0.15) is 106 Å². The SMILES string of the molecule is CO[C@H](COP(=O)(OCCCCSC(=O)C(C)(C)C)OCCCCSC(=O)C(C)(C)C)[C@@H](OC1(O)CCCC1)[C@H](C)n1ccc(=O)[nH]c1=O. The molecule has 1 heterocycles. The Labute approximate surface area is 298 Å². The molecule has 49 heavy (non-hydrogen) atoms. The molecule has 16 heteroatoms. The van der Waals surface area contributed by atoms with Crippen LogP contribution in [0.25, 0.3) is 0 Å². The summed E-state index contributed by atoms with van der Waals surface area (Å²) in [7, 11) is -2.74. The number of hydrogen-bond donors (Lipinski definition) is 2. The molecule has 0 saturated heterocycles. The molecule has 1 aromatic rings. The van der Waals surface area contributed by atoms with Crippen molar-refractivity contribution in [3.8, 4) is 0 Å². The number of phosphoric ester groups is 1. The molecule has 1 aliphatic rings. The van der Waals surface area contributed by atoms with Crippen LogP contribution in [-0.2, 0) is 37.2 Å². The van der Waals surface area contributed by atoms with Crippen LogP contribution < -0.4 is 11.2 Å². The van der Waals surface area contributed by atoms with Gasteiger partial charge in [0.05, 0.1) is 25.9 Å². The Morgan fingerprint density at radius 2 is 1.45 bits per heavy atom. The lowest BCUT2D eigenvalue weighted by atomic mass is 9.99. The average Bonchev–Trinajstić information content (AvgIpc) is 3.44. The van der Waals surface area contributed by atoms with Crippen LogP contribution in [0, 0.1) is 10.8 Å². The second-order valence-electron chi connectivity index (χ2n) is 14.4. The van der Waals surface area contributed by atoms with Crippen molar-refractivity contribution in [1.29, 1.82) is 0 Å². The van der Waals surface area contributed by atoms with Crippen LogP contribution in [0.15, 0.2) is 21.9 Å². The summed E-state index contributed by atoms with van der Waals surface area (Å²) in [4.78, 5) is 51.1. The maximum Gasteiger partial charge on any atom is 0.474 e. The molecular formula is C33H57N2O11PS2. The molecule has 0 spiro atoms. The van der Waals surface area contributed by atoms with Gasteiger partial charge in [0.2, 0.25) is 0 Å². The molecule has 3 atom stereocenters. The Bertz CT molecular complexity index is 1310. The number of aromatic amines is 1. The minimum atomic E-state index is -4.15. The highest BCUT2D eigenvalue weighted by molar-refractivity contribution is 8.14. The van der Waals surface area contributed by atoms with Crippen LogP contribution in [0.4, 0.5) is 0 Å². The van der Waals surface area contributed by atoms with Gasteiger partial charge in [-0.3, -0.25) is 37.5 Å². The van der Waals surface area contributed by atoms with Crippen LogP contribution in [0.3, 0.4) is 0 Å². The number of phosphoric acid groups is 1. The molecule has 0 radical (unpaired) electrons. The molecule has 2 N–H and O–H groups in total. The molecule has 0 unspecified atom stereocenters. The van der Waals surface area contributed by atoms with Crippen molar-refractivity contribution < 1.29 is 42.3 Å². The zero-order valence-corrected chi connectivity index (χ0v) is 32.8. The third-order valence-corrected chi connectivity index (χ3v) is 12.0. The van der Waals surface area contributed by atoms with E-state index < -0.39 is 53.9 Å². The Hall–Kier alpha value is -1.29. The van der Waals surface area contributed by atoms with E-state index in [1.54, 1.807) is 6.92 Å². The number of thioether (sulfide) groups is 2. The number of nitrogens with zero attached hydrogens (tertiary/aromatic N) is 1. The number of H-pyrrole nitrogens is 1. The zero-order valence-electron chi connectivity index (χ0n) is 30.3. The van der Waals surface area contributed by atoms with Crippen molar-refractivity contribution in [2.75, 3.05) is 38.4 Å². The standard InChI is InChI=1S/C33H57N2O11PS2/c1-24(35-18-15-26(36)34-30(35)39)27(46-33(40)16-9-10-17-33)25(42-8)23-45-47(41,43-19-11-13-21-48-28(37)31(2,3)4)44-20-12-14-22-49-29(38)32(5,6)7/h15,18,24-25,27,40H,9-14,16-17,19-23H2,1-8H3,(H,34,36,39)/t24-,25+,27-/m0/s1. The number of rotatable bonds is 21.